The van der Waals surface area contributed by atoms with Crippen molar-refractivity contribution >= 4 is 0 Å². The summed E-state index contributed by atoms with van der Waals surface area (Å²) in [4.78, 5) is 4.30. The van der Waals surface area contributed by atoms with Gasteiger partial charge < -0.3 is 9.88 Å². The molecular weight excluding hydrogens is 186 g/mol. The molecule has 0 aliphatic heterocycles. The van der Waals surface area contributed by atoms with E-state index in [2.05, 4.69) is 41.8 Å². The van der Waals surface area contributed by atoms with Gasteiger partial charge in [-0.3, -0.25) is 0 Å². The van der Waals surface area contributed by atoms with E-state index in [1.165, 1.54) is 12.8 Å². The third kappa shape index (κ3) is 2.59. The average molecular weight is 207 g/mol. The van der Waals surface area contributed by atoms with E-state index in [0.717, 1.165) is 18.4 Å². The smallest absolute Gasteiger partial charge is 0.105 e. The van der Waals surface area contributed by atoms with Crippen LogP contribution >= 0.6 is 0 Å². The van der Waals surface area contributed by atoms with Crippen molar-refractivity contribution in [3.05, 3.63) is 18.2 Å². The van der Waals surface area contributed by atoms with Crippen LogP contribution in [0.4, 0.5) is 0 Å². The molecule has 1 saturated carbocycles. The first-order chi connectivity index (χ1) is 7.18. The summed E-state index contributed by atoms with van der Waals surface area (Å²) in [6.45, 7) is 7.70. The number of aromatic nitrogens is 2. The van der Waals surface area contributed by atoms with Gasteiger partial charge in [0.25, 0.3) is 0 Å². The van der Waals surface area contributed by atoms with E-state index in [9.17, 15) is 0 Å². The number of imidazole rings is 1. The Morgan fingerprint density at radius 2 is 2.27 bits per heavy atom. The van der Waals surface area contributed by atoms with Crippen molar-refractivity contribution in [1.29, 1.82) is 0 Å². The summed E-state index contributed by atoms with van der Waals surface area (Å²) in [6.07, 6.45) is 6.69. The van der Waals surface area contributed by atoms with Gasteiger partial charge >= 0.3 is 0 Å². The standard InChI is InChI=1S/C12H21N3/c1-9(2)12(8-14-11-4-5-11)15-7-6-13-10(15)3/h6-7,9,11-12,14H,4-5,8H2,1-3H3. The second kappa shape index (κ2) is 4.35. The highest BCUT2D eigenvalue weighted by Gasteiger charge is 2.24. The van der Waals surface area contributed by atoms with Crippen molar-refractivity contribution in [3.8, 4) is 0 Å². The molecular formula is C12H21N3. The molecule has 1 aromatic rings. The van der Waals surface area contributed by atoms with Gasteiger partial charge in [-0.25, -0.2) is 4.98 Å². The summed E-state index contributed by atoms with van der Waals surface area (Å²) < 4.78 is 2.29. The average Bonchev–Trinajstić information content (AvgIpc) is 2.91. The molecule has 1 aliphatic carbocycles. The Hall–Kier alpha value is -0.830. The summed E-state index contributed by atoms with van der Waals surface area (Å²) in [6, 6.07) is 1.32. The fraction of sp³-hybridized carbons (Fsp3) is 0.750. The van der Waals surface area contributed by atoms with Gasteiger partial charge in [0, 0.05) is 31.0 Å². The molecule has 0 bridgehead atoms. The second-order valence-electron chi connectivity index (χ2n) is 4.88. The van der Waals surface area contributed by atoms with Crippen LogP contribution in [0.3, 0.4) is 0 Å². The van der Waals surface area contributed by atoms with Crippen LogP contribution < -0.4 is 5.32 Å². The minimum Gasteiger partial charge on any atom is -0.331 e. The summed E-state index contributed by atoms with van der Waals surface area (Å²) in [7, 11) is 0. The summed E-state index contributed by atoms with van der Waals surface area (Å²) in [5.41, 5.74) is 0. The first kappa shape index (κ1) is 10.7. The zero-order valence-electron chi connectivity index (χ0n) is 9.90. The van der Waals surface area contributed by atoms with Crippen molar-refractivity contribution in [2.45, 2.75) is 45.7 Å². The second-order valence-corrected chi connectivity index (χ2v) is 4.88. The van der Waals surface area contributed by atoms with E-state index in [1.54, 1.807) is 0 Å². The SMILES string of the molecule is Cc1nccn1C(CNC1CC1)C(C)C. The Labute approximate surface area is 91.9 Å². The molecule has 2 rings (SSSR count). The number of aryl methyl sites for hydroxylation is 1. The van der Waals surface area contributed by atoms with Crippen molar-refractivity contribution in [2.24, 2.45) is 5.92 Å². The molecule has 1 heterocycles. The highest BCUT2D eigenvalue weighted by atomic mass is 15.1. The fourth-order valence-corrected chi connectivity index (χ4v) is 1.97. The minimum atomic E-state index is 0.535. The first-order valence-corrected chi connectivity index (χ1v) is 5.91. The van der Waals surface area contributed by atoms with Crippen LogP contribution in [0.15, 0.2) is 12.4 Å². The van der Waals surface area contributed by atoms with Gasteiger partial charge in [-0.1, -0.05) is 13.8 Å². The molecule has 0 radical (unpaired) electrons. The monoisotopic (exact) mass is 207 g/mol. The first-order valence-electron chi connectivity index (χ1n) is 5.91. The van der Waals surface area contributed by atoms with Gasteiger partial charge in [0.2, 0.25) is 0 Å². The highest BCUT2D eigenvalue weighted by Crippen LogP contribution is 2.22. The van der Waals surface area contributed by atoms with Crippen LogP contribution in [0.5, 0.6) is 0 Å². The predicted molar refractivity (Wildman–Crippen MR) is 61.9 cm³/mol. The largest absolute Gasteiger partial charge is 0.331 e. The summed E-state index contributed by atoms with van der Waals surface area (Å²) in [5, 5.41) is 3.60. The maximum atomic E-state index is 4.30. The normalized spacial score (nSPS) is 18.4. The Morgan fingerprint density at radius 3 is 2.73 bits per heavy atom. The Kier molecular flexibility index (Phi) is 3.10. The molecule has 1 aromatic heterocycles. The number of hydrogen-bond donors (Lipinski definition) is 1. The molecule has 1 aliphatic rings. The molecule has 84 valence electrons. The summed E-state index contributed by atoms with van der Waals surface area (Å²) in [5.74, 6) is 1.76. The lowest BCUT2D eigenvalue weighted by Gasteiger charge is -2.24. The molecule has 0 spiro atoms. The number of nitrogens with zero attached hydrogens (tertiary/aromatic N) is 2. The molecule has 3 nitrogen and oxygen atoms in total. The van der Waals surface area contributed by atoms with Crippen LogP contribution in [0.1, 0.15) is 38.6 Å². The van der Waals surface area contributed by atoms with Gasteiger partial charge in [-0.2, -0.15) is 0 Å². The van der Waals surface area contributed by atoms with Crippen LogP contribution in [0.25, 0.3) is 0 Å². The van der Waals surface area contributed by atoms with E-state index < -0.39 is 0 Å². The zero-order chi connectivity index (χ0) is 10.8. The third-order valence-corrected chi connectivity index (χ3v) is 3.18. The molecule has 1 fully saturated rings. The highest BCUT2D eigenvalue weighted by molar-refractivity contribution is 4.94. The van der Waals surface area contributed by atoms with E-state index in [4.69, 9.17) is 0 Å². The van der Waals surface area contributed by atoms with Crippen molar-refractivity contribution < 1.29 is 0 Å². The van der Waals surface area contributed by atoms with Crippen molar-refractivity contribution in [1.82, 2.24) is 14.9 Å². The van der Waals surface area contributed by atoms with E-state index >= 15 is 0 Å². The van der Waals surface area contributed by atoms with Crippen LogP contribution in [-0.2, 0) is 0 Å². The maximum absolute atomic E-state index is 4.30. The molecule has 0 aromatic carbocycles. The van der Waals surface area contributed by atoms with Gasteiger partial charge in [0.05, 0.1) is 0 Å². The molecule has 0 saturated heterocycles. The lowest BCUT2D eigenvalue weighted by Crippen LogP contribution is -2.30. The zero-order valence-corrected chi connectivity index (χ0v) is 9.90. The topological polar surface area (TPSA) is 29.9 Å². The molecule has 3 heteroatoms. The lowest BCUT2D eigenvalue weighted by molar-refractivity contribution is 0.350. The maximum Gasteiger partial charge on any atom is 0.105 e. The van der Waals surface area contributed by atoms with Gasteiger partial charge in [0.15, 0.2) is 0 Å². The van der Waals surface area contributed by atoms with Crippen LogP contribution in [-0.4, -0.2) is 22.1 Å². The van der Waals surface area contributed by atoms with Crippen molar-refractivity contribution in [3.63, 3.8) is 0 Å². The van der Waals surface area contributed by atoms with Crippen molar-refractivity contribution in [2.75, 3.05) is 6.54 Å². The van der Waals surface area contributed by atoms with Gasteiger partial charge in [-0.05, 0) is 25.7 Å². The Morgan fingerprint density at radius 1 is 1.53 bits per heavy atom. The van der Waals surface area contributed by atoms with E-state index in [0.29, 0.717) is 12.0 Å². The Balaban J connectivity index is 2.01. The molecule has 1 N–H and O–H groups in total. The minimum absolute atomic E-state index is 0.535. The van der Waals surface area contributed by atoms with Crippen LogP contribution in [0, 0.1) is 12.8 Å². The van der Waals surface area contributed by atoms with E-state index in [1.807, 2.05) is 6.20 Å². The molecule has 15 heavy (non-hydrogen) atoms. The van der Waals surface area contributed by atoms with Gasteiger partial charge in [-0.15, -0.1) is 0 Å². The summed E-state index contributed by atoms with van der Waals surface area (Å²) >= 11 is 0. The van der Waals surface area contributed by atoms with E-state index in [-0.39, 0.29) is 0 Å². The number of hydrogen-bond acceptors (Lipinski definition) is 2. The predicted octanol–water partition coefficient (Wildman–Crippen LogP) is 2.14. The van der Waals surface area contributed by atoms with Gasteiger partial charge in [0.1, 0.15) is 5.82 Å². The molecule has 1 unspecified atom stereocenters. The molecule has 0 amide bonds. The third-order valence-electron chi connectivity index (χ3n) is 3.18. The Bertz CT molecular complexity index is 312. The lowest BCUT2D eigenvalue weighted by atomic mass is 10.0. The molecule has 1 atom stereocenters. The quantitative estimate of drug-likeness (QED) is 0.801. The van der Waals surface area contributed by atoms with Crippen LogP contribution in [0.2, 0.25) is 0 Å². The fourth-order valence-electron chi connectivity index (χ4n) is 1.97. The number of nitrogens with one attached hydrogen (secondary N) is 1. The number of rotatable bonds is 5.